The number of hydrogen-bond acceptors (Lipinski definition) is 2. The van der Waals surface area contributed by atoms with Crippen molar-refractivity contribution in [3.8, 4) is 22.9 Å². The zero-order chi connectivity index (χ0) is 30.2. The number of aromatic nitrogens is 2. The summed E-state index contributed by atoms with van der Waals surface area (Å²) >= 11 is 0. The third-order valence-corrected chi connectivity index (χ3v) is 9.28. The number of nitrogens with zero attached hydrogens (tertiary/aromatic N) is 3. The molecule has 0 N–H and O–H groups in total. The summed E-state index contributed by atoms with van der Waals surface area (Å²) in [5.41, 5.74) is 10.2. The summed E-state index contributed by atoms with van der Waals surface area (Å²) in [4.78, 5) is 2.29. The van der Waals surface area contributed by atoms with Gasteiger partial charge >= 0.3 is 0 Å². The highest BCUT2D eigenvalue weighted by molar-refractivity contribution is 6.23. The van der Waals surface area contributed by atoms with Crippen molar-refractivity contribution in [2.45, 2.75) is 0 Å². The number of para-hydroxylation sites is 7. The number of fused-ring (bicyclic) bond motifs is 9. The lowest BCUT2D eigenvalue weighted by atomic mass is 10.1. The first-order chi connectivity index (χ1) is 22.8. The molecule has 0 saturated heterocycles. The first-order valence-electron chi connectivity index (χ1n) is 15.6. The van der Waals surface area contributed by atoms with Gasteiger partial charge in [0, 0.05) is 38.6 Å². The lowest BCUT2D eigenvalue weighted by Crippen LogP contribution is -2.15. The van der Waals surface area contributed by atoms with Crippen LogP contribution >= 0.6 is 0 Å². The van der Waals surface area contributed by atoms with Crippen LogP contribution in [0.15, 0.2) is 164 Å². The first kappa shape index (κ1) is 25.1. The van der Waals surface area contributed by atoms with Crippen LogP contribution in [0, 0.1) is 0 Å². The SMILES string of the molecule is c1ccc(-n2c3ccccc3c3ccc4c5ccccc5n(-c5ccc(N6c7ccccc7Oc7ccccc76)cc5)c4c32)cc1. The van der Waals surface area contributed by atoms with Gasteiger partial charge in [0.05, 0.1) is 33.4 Å². The van der Waals surface area contributed by atoms with E-state index in [4.69, 9.17) is 4.74 Å². The second-order valence-corrected chi connectivity index (χ2v) is 11.8. The Hall–Kier alpha value is -6.26. The van der Waals surface area contributed by atoms with E-state index >= 15 is 0 Å². The predicted octanol–water partition coefficient (Wildman–Crippen LogP) is 11.5. The molecule has 0 bridgehead atoms. The van der Waals surface area contributed by atoms with Crippen molar-refractivity contribution < 1.29 is 4.74 Å². The minimum atomic E-state index is 0.851. The lowest BCUT2D eigenvalue weighted by molar-refractivity contribution is 0.477. The minimum absolute atomic E-state index is 0.851. The summed E-state index contributed by atoms with van der Waals surface area (Å²) in [6.45, 7) is 0. The highest BCUT2D eigenvalue weighted by Crippen LogP contribution is 2.50. The Kier molecular flexibility index (Phi) is 5.25. The van der Waals surface area contributed by atoms with Crippen molar-refractivity contribution in [1.82, 2.24) is 9.13 Å². The van der Waals surface area contributed by atoms with Gasteiger partial charge in [-0.25, -0.2) is 0 Å². The van der Waals surface area contributed by atoms with Crippen molar-refractivity contribution in [2.24, 2.45) is 0 Å². The van der Waals surface area contributed by atoms with E-state index in [1.54, 1.807) is 0 Å². The molecule has 0 radical (unpaired) electrons. The van der Waals surface area contributed by atoms with E-state index in [0.29, 0.717) is 0 Å². The third kappa shape index (κ3) is 3.49. The molecule has 46 heavy (non-hydrogen) atoms. The molecule has 1 aliphatic rings. The molecule has 0 saturated carbocycles. The maximum Gasteiger partial charge on any atom is 0.151 e. The highest BCUT2D eigenvalue weighted by Gasteiger charge is 2.26. The van der Waals surface area contributed by atoms with Crippen LogP contribution in [0.1, 0.15) is 0 Å². The molecule has 0 fully saturated rings. The molecular formula is C42H27N3O. The van der Waals surface area contributed by atoms with Gasteiger partial charge in [-0.15, -0.1) is 0 Å². The first-order valence-corrected chi connectivity index (χ1v) is 15.6. The van der Waals surface area contributed by atoms with Crippen molar-refractivity contribution in [3.05, 3.63) is 164 Å². The molecule has 4 heteroatoms. The van der Waals surface area contributed by atoms with Gasteiger partial charge in [-0.3, -0.25) is 0 Å². The van der Waals surface area contributed by atoms with Gasteiger partial charge in [0.15, 0.2) is 11.5 Å². The van der Waals surface area contributed by atoms with Crippen LogP contribution in [0.25, 0.3) is 55.0 Å². The van der Waals surface area contributed by atoms with Gasteiger partial charge in [-0.2, -0.15) is 0 Å². The average Bonchev–Trinajstić information content (AvgIpc) is 3.64. The second kappa shape index (κ2) is 9.62. The molecule has 216 valence electrons. The maximum absolute atomic E-state index is 6.27. The normalized spacial score (nSPS) is 12.5. The van der Waals surface area contributed by atoms with E-state index in [9.17, 15) is 0 Å². The standard InChI is InChI=1S/C42H27N3O/c1-2-12-28(13-3-1)44-35-16-6-4-14-31(35)33-26-27-34-32-15-5-7-17-36(32)45(42(34)41(33)44)30-24-22-29(23-25-30)43-37-18-8-10-20-39(37)46-40-21-11-9-19-38(40)43/h1-27H. The Labute approximate surface area is 265 Å². The minimum Gasteiger partial charge on any atom is -0.453 e. The molecule has 4 nitrogen and oxygen atoms in total. The Balaban J connectivity index is 1.25. The number of hydrogen-bond donors (Lipinski definition) is 0. The van der Waals surface area contributed by atoms with Gasteiger partial charge in [-0.05, 0) is 72.8 Å². The van der Waals surface area contributed by atoms with Gasteiger partial charge in [0.1, 0.15) is 0 Å². The molecule has 7 aromatic carbocycles. The average molecular weight is 590 g/mol. The number of benzene rings is 7. The molecule has 0 unspecified atom stereocenters. The fourth-order valence-electron chi connectivity index (χ4n) is 7.35. The zero-order valence-corrected chi connectivity index (χ0v) is 24.8. The highest BCUT2D eigenvalue weighted by atomic mass is 16.5. The van der Waals surface area contributed by atoms with Crippen LogP contribution in [0.5, 0.6) is 11.5 Å². The van der Waals surface area contributed by atoms with Crippen LogP contribution in [-0.4, -0.2) is 9.13 Å². The molecule has 3 heterocycles. The van der Waals surface area contributed by atoms with E-state index in [2.05, 4.69) is 154 Å². The summed E-state index contributed by atoms with van der Waals surface area (Å²) in [6, 6.07) is 58.2. The van der Waals surface area contributed by atoms with Crippen LogP contribution < -0.4 is 9.64 Å². The summed E-state index contributed by atoms with van der Waals surface area (Å²) in [6.07, 6.45) is 0. The predicted molar refractivity (Wildman–Crippen MR) is 190 cm³/mol. The van der Waals surface area contributed by atoms with Crippen LogP contribution in [-0.2, 0) is 0 Å². The molecular weight excluding hydrogens is 562 g/mol. The Morgan fingerprint density at radius 2 is 0.761 bits per heavy atom. The van der Waals surface area contributed by atoms with Crippen molar-refractivity contribution in [3.63, 3.8) is 0 Å². The van der Waals surface area contributed by atoms with Crippen molar-refractivity contribution in [2.75, 3.05) is 4.90 Å². The summed E-state index contributed by atoms with van der Waals surface area (Å²) in [5, 5.41) is 4.97. The van der Waals surface area contributed by atoms with E-state index in [-0.39, 0.29) is 0 Å². The molecule has 0 aliphatic carbocycles. The molecule has 0 amide bonds. The Morgan fingerprint density at radius 3 is 1.33 bits per heavy atom. The topological polar surface area (TPSA) is 22.3 Å². The Morgan fingerprint density at radius 1 is 0.326 bits per heavy atom. The van der Waals surface area contributed by atoms with Crippen LogP contribution in [0.3, 0.4) is 0 Å². The summed E-state index contributed by atoms with van der Waals surface area (Å²) in [5.74, 6) is 1.70. The maximum atomic E-state index is 6.27. The molecule has 10 rings (SSSR count). The molecule has 0 atom stereocenters. The molecule has 2 aromatic heterocycles. The fourth-order valence-corrected chi connectivity index (χ4v) is 7.35. The van der Waals surface area contributed by atoms with E-state index in [1.165, 1.54) is 43.6 Å². The number of anilines is 3. The quantitative estimate of drug-likeness (QED) is 0.205. The third-order valence-electron chi connectivity index (χ3n) is 9.28. The van der Waals surface area contributed by atoms with E-state index in [0.717, 1.165) is 39.9 Å². The van der Waals surface area contributed by atoms with Gasteiger partial charge in [0.25, 0.3) is 0 Å². The Bertz CT molecular complexity index is 2570. The van der Waals surface area contributed by atoms with Gasteiger partial charge in [-0.1, -0.05) is 91.0 Å². The van der Waals surface area contributed by atoms with Crippen LogP contribution in [0.2, 0.25) is 0 Å². The smallest absolute Gasteiger partial charge is 0.151 e. The van der Waals surface area contributed by atoms with Gasteiger partial charge in [0.2, 0.25) is 0 Å². The van der Waals surface area contributed by atoms with Gasteiger partial charge < -0.3 is 18.8 Å². The lowest BCUT2D eigenvalue weighted by Gasteiger charge is -2.32. The second-order valence-electron chi connectivity index (χ2n) is 11.8. The van der Waals surface area contributed by atoms with E-state index < -0.39 is 0 Å². The molecule has 0 spiro atoms. The fraction of sp³-hybridized carbons (Fsp3) is 0. The van der Waals surface area contributed by atoms with E-state index in [1.807, 2.05) is 24.3 Å². The largest absolute Gasteiger partial charge is 0.453 e. The number of ether oxygens (including phenoxy) is 1. The molecule has 9 aromatic rings. The summed E-state index contributed by atoms with van der Waals surface area (Å²) in [7, 11) is 0. The van der Waals surface area contributed by atoms with Crippen molar-refractivity contribution >= 4 is 60.7 Å². The zero-order valence-electron chi connectivity index (χ0n) is 24.8. The monoisotopic (exact) mass is 589 g/mol. The van der Waals surface area contributed by atoms with Crippen molar-refractivity contribution in [1.29, 1.82) is 0 Å². The van der Waals surface area contributed by atoms with Crippen LogP contribution in [0.4, 0.5) is 17.1 Å². The summed E-state index contributed by atoms with van der Waals surface area (Å²) < 4.78 is 11.1. The molecule has 1 aliphatic heterocycles. The number of rotatable bonds is 3.